The van der Waals surface area contributed by atoms with Gasteiger partial charge in [-0.15, -0.1) is 0 Å². The first-order chi connectivity index (χ1) is 7.70. The van der Waals surface area contributed by atoms with Crippen molar-refractivity contribution in [3.05, 3.63) is 35.9 Å². The zero-order chi connectivity index (χ0) is 11.5. The molecule has 2 rings (SSSR count). The average Bonchev–Trinajstić information content (AvgIpc) is 2.28. The fraction of sp³-hybridized carbons (Fsp3) is 0.167. The molecule has 0 amide bonds. The van der Waals surface area contributed by atoms with Crippen LogP contribution < -0.4 is 10.5 Å². The maximum atomic E-state index is 5.62. The van der Waals surface area contributed by atoms with Crippen LogP contribution in [0.15, 0.2) is 30.3 Å². The van der Waals surface area contributed by atoms with E-state index in [2.05, 4.69) is 9.97 Å². The van der Waals surface area contributed by atoms with Gasteiger partial charge in [0.1, 0.15) is 0 Å². The molecule has 0 aliphatic carbocycles. The molecule has 0 fully saturated rings. The van der Waals surface area contributed by atoms with Gasteiger partial charge in [0.15, 0.2) is 0 Å². The standard InChI is InChI=1S/C12H13N3O/c1-8-5-3-4-6-9(8)10-7-11(16-2)15-12(13)14-10/h3-7H,1-2H3,(H2,13,14,15). The first kappa shape index (κ1) is 10.4. The summed E-state index contributed by atoms with van der Waals surface area (Å²) < 4.78 is 5.07. The minimum atomic E-state index is 0.220. The molecule has 16 heavy (non-hydrogen) atoms. The molecule has 4 nitrogen and oxygen atoms in total. The lowest BCUT2D eigenvalue weighted by atomic mass is 10.1. The van der Waals surface area contributed by atoms with Gasteiger partial charge in [-0.25, -0.2) is 4.98 Å². The molecular formula is C12H13N3O. The lowest BCUT2D eigenvalue weighted by molar-refractivity contribution is 0.398. The fourth-order valence-corrected chi connectivity index (χ4v) is 1.55. The van der Waals surface area contributed by atoms with Gasteiger partial charge in [-0.05, 0) is 12.5 Å². The quantitative estimate of drug-likeness (QED) is 0.832. The van der Waals surface area contributed by atoms with Gasteiger partial charge in [0.25, 0.3) is 0 Å². The van der Waals surface area contributed by atoms with Crippen molar-refractivity contribution in [1.29, 1.82) is 0 Å². The van der Waals surface area contributed by atoms with Crippen molar-refractivity contribution < 1.29 is 4.74 Å². The Labute approximate surface area is 94.1 Å². The Morgan fingerprint density at radius 3 is 2.62 bits per heavy atom. The number of nitrogen functional groups attached to an aromatic ring is 1. The molecule has 0 spiro atoms. The van der Waals surface area contributed by atoms with Crippen molar-refractivity contribution in [3.8, 4) is 17.1 Å². The van der Waals surface area contributed by atoms with Crippen molar-refractivity contribution in [2.75, 3.05) is 12.8 Å². The molecule has 82 valence electrons. The van der Waals surface area contributed by atoms with Crippen molar-refractivity contribution >= 4 is 5.95 Å². The molecule has 0 saturated heterocycles. The molecule has 1 aromatic heterocycles. The molecule has 0 aliphatic heterocycles. The summed E-state index contributed by atoms with van der Waals surface area (Å²) in [6, 6.07) is 9.75. The topological polar surface area (TPSA) is 61.0 Å². The van der Waals surface area contributed by atoms with Crippen LogP contribution >= 0.6 is 0 Å². The number of aromatic nitrogens is 2. The molecule has 1 aromatic carbocycles. The van der Waals surface area contributed by atoms with Crippen LogP contribution in [0.25, 0.3) is 11.3 Å². The van der Waals surface area contributed by atoms with E-state index in [1.807, 2.05) is 31.2 Å². The Morgan fingerprint density at radius 1 is 1.19 bits per heavy atom. The number of rotatable bonds is 2. The first-order valence-electron chi connectivity index (χ1n) is 4.95. The van der Waals surface area contributed by atoms with Gasteiger partial charge in [0.05, 0.1) is 12.8 Å². The summed E-state index contributed by atoms with van der Waals surface area (Å²) in [7, 11) is 1.56. The average molecular weight is 215 g/mol. The lowest BCUT2D eigenvalue weighted by Gasteiger charge is -2.07. The van der Waals surface area contributed by atoms with E-state index < -0.39 is 0 Å². The van der Waals surface area contributed by atoms with Gasteiger partial charge >= 0.3 is 0 Å². The van der Waals surface area contributed by atoms with E-state index in [9.17, 15) is 0 Å². The summed E-state index contributed by atoms with van der Waals surface area (Å²) >= 11 is 0. The number of methoxy groups -OCH3 is 1. The van der Waals surface area contributed by atoms with Gasteiger partial charge < -0.3 is 10.5 Å². The van der Waals surface area contributed by atoms with E-state index in [0.717, 1.165) is 16.8 Å². The highest BCUT2D eigenvalue weighted by Gasteiger charge is 2.06. The molecular weight excluding hydrogens is 202 g/mol. The summed E-state index contributed by atoms with van der Waals surface area (Å²) in [5.74, 6) is 0.698. The molecule has 2 aromatic rings. The van der Waals surface area contributed by atoms with Crippen LogP contribution in [0.1, 0.15) is 5.56 Å². The van der Waals surface area contributed by atoms with Crippen molar-refractivity contribution in [3.63, 3.8) is 0 Å². The van der Waals surface area contributed by atoms with Gasteiger partial charge in [-0.2, -0.15) is 4.98 Å². The van der Waals surface area contributed by atoms with E-state index in [-0.39, 0.29) is 5.95 Å². The minimum absolute atomic E-state index is 0.220. The Balaban J connectivity index is 2.56. The summed E-state index contributed by atoms with van der Waals surface area (Å²) in [5, 5.41) is 0. The van der Waals surface area contributed by atoms with Crippen LogP contribution in [-0.4, -0.2) is 17.1 Å². The molecule has 0 atom stereocenters. The van der Waals surface area contributed by atoms with Crippen LogP contribution in [0.4, 0.5) is 5.95 Å². The fourth-order valence-electron chi connectivity index (χ4n) is 1.55. The highest BCUT2D eigenvalue weighted by Crippen LogP contribution is 2.24. The zero-order valence-corrected chi connectivity index (χ0v) is 9.27. The second-order valence-electron chi connectivity index (χ2n) is 3.47. The molecule has 4 heteroatoms. The number of benzene rings is 1. The number of nitrogens with two attached hydrogens (primary N) is 1. The largest absolute Gasteiger partial charge is 0.481 e. The SMILES string of the molecule is COc1cc(-c2ccccc2C)nc(N)n1. The van der Waals surface area contributed by atoms with Gasteiger partial charge in [-0.3, -0.25) is 0 Å². The smallest absolute Gasteiger partial charge is 0.223 e. The number of ether oxygens (including phenoxy) is 1. The maximum absolute atomic E-state index is 5.62. The van der Waals surface area contributed by atoms with E-state index in [0.29, 0.717) is 5.88 Å². The molecule has 0 saturated carbocycles. The third-order valence-electron chi connectivity index (χ3n) is 2.35. The number of aryl methyl sites for hydroxylation is 1. The Kier molecular flexibility index (Phi) is 2.72. The monoisotopic (exact) mass is 215 g/mol. The number of nitrogens with zero attached hydrogens (tertiary/aromatic N) is 2. The highest BCUT2D eigenvalue weighted by molar-refractivity contribution is 5.65. The minimum Gasteiger partial charge on any atom is -0.481 e. The molecule has 1 heterocycles. The summed E-state index contributed by atoms with van der Waals surface area (Å²) in [5.41, 5.74) is 8.58. The van der Waals surface area contributed by atoms with Crippen molar-refractivity contribution in [2.45, 2.75) is 6.92 Å². The van der Waals surface area contributed by atoms with Crippen molar-refractivity contribution in [1.82, 2.24) is 9.97 Å². The Hall–Kier alpha value is -2.10. The highest BCUT2D eigenvalue weighted by atomic mass is 16.5. The van der Waals surface area contributed by atoms with Gasteiger partial charge in [-0.1, -0.05) is 24.3 Å². The third-order valence-corrected chi connectivity index (χ3v) is 2.35. The zero-order valence-electron chi connectivity index (χ0n) is 9.27. The van der Waals surface area contributed by atoms with Crippen molar-refractivity contribution in [2.24, 2.45) is 0 Å². The normalized spacial score (nSPS) is 10.1. The number of hydrogen-bond acceptors (Lipinski definition) is 4. The molecule has 0 unspecified atom stereocenters. The molecule has 0 bridgehead atoms. The van der Waals surface area contributed by atoms with E-state index in [1.54, 1.807) is 13.2 Å². The molecule has 0 radical (unpaired) electrons. The predicted molar refractivity (Wildman–Crippen MR) is 63.2 cm³/mol. The van der Waals surface area contributed by atoms with Crippen LogP contribution in [0.3, 0.4) is 0 Å². The number of hydrogen-bond donors (Lipinski definition) is 1. The maximum Gasteiger partial charge on any atom is 0.223 e. The van der Waals surface area contributed by atoms with E-state index in [4.69, 9.17) is 10.5 Å². The van der Waals surface area contributed by atoms with Gasteiger partial charge in [0.2, 0.25) is 11.8 Å². The Morgan fingerprint density at radius 2 is 1.94 bits per heavy atom. The third kappa shape index (κ3) is 1.95. The van der Waals surface area contributed by atoms with E-state index in [1.165, 1.54) is 0 Å². The van der Waals surface area contributed by atoms with Gasteiger partial charge in [0, 0.05) is 11.6 Å². The van der Waals surface area contributed by atoms with E-state index >= 15 is 0 Å². The van der Waals surface area contributed by atoms with Crippen LogP contribution in [0, 0.1) is 6.92 Å². The Bertz CT molecular complexity index is 511. The number of anilines is 1. The second-order valence-corrected chi connectivity index (χ2v) is 3.47. The molecule has 2 N–H and O–H groups in total. The summed E-state index contributed by atoms with van der Waals surface area (Å²) in [6.07, 6.45) is 0. The summed E-state index contributed by atoms with van der Waals surface area (Å²) in [6.45, 7) is 2.03. The lowest BCUT2D eigenvalue weighted by Crippen LogP contribution is -1.99. The summed E-state index contributed by atoms with van der Waals surface area (Å²) in [4.78, 5) is 8.15. The predicted octanol–water partition coefficient (Wildman–Crippen LogP) is 2.04. The van der Waals surface area contributed by atoms with Crippen LogP contribution in [0.5, 0.6) is 5.88 Å². The van der Waals surface area contributed by atoms with Crippen LogP contribution in [-0.2, 0) is 0 Å². The molecule has 0 aliphatic rings. The first-order valence-corrected chi connectivity index (χ1v) is 4.95. The second kappa shape index (κ2) is 4.18. The van der Waals surface area contributed by atoms with Crippen LogP contribution in [0.2, 0.25) is 0 Å².